The van der Waals surface area contributed by atoms with Gasteiger partial charge < -0.3 is 8.97 Å². The van der Waals surface area contributed by atoms with Gasteiger partial charge in [0.05, 0.1) is 40.3 Å². The van der Waals surface area contributed by atoms with Crippen LogP contribution in [0.3, 0.4) is 0 Å². The molecule has 2 aliphatic heterocycles. The summed E-state index contributed by atoms with van der Waals surface area (Å²) in [5, 5.41) is 0. The van der Waals surface area contributed by atoms with Gasteiger partial charge in [-0.1, -0.05) is 24.3 Å². The van der Waals surface area contributed by atoms with Gasteiger partial charge in [0.25, 0.3) is 0 Å². The van der Waals surface area contributed by atoms with Crippen molar-refractivity contribution in [3.8, 4) is 0 Å². The molecule has 3 rings (SSSR count). The van der Waals surface area contributed by atoms with Gasteiger partial charge in [-0.25, -0.2) is 0 Å². The van der Waals surface area contributed by atoms with Crippen molar-refractivity contribution in [1.82, 2.24) is 0 Å². The summed E-state index contributed by atoms with van der Waals surface area (Å²) in [7, 11) is 4.88. The number of nitrogens with zero attached hydrogens (tertiary/aromatic N) is 2. The summed E-state index contributed by atoms with van der Waals surface area (Å²) in [6.07, 6.45) is 8.50. The molecule has 2 heterocycles. The maximum absolute atomic E-state index is 2.44. The summed E-state index contributed by atoms with van der Waals surface area (Å²) in [6.45, 7) is 7.86. The van der Waals surface area contributed by atoms with Crippen LogP contribution in [-0.2, 0) is 13.1 Å². The van der Waals surface area contributed by atoms with Crippen LogP contribution in [0.4, 0.5) is 0 Å². The molecule has 1 aromatic carbocycles. The third kappa shape index (κ3) is 4.11. The molecule has 2 aliphatic rings. The summed E-state index contributed by atoms with van der Waals surface area (Å²) in [5.74, 6) is 0. The van der Waals surface area contributed by atoms with Gasteiger partial charge in [-0.05, 0) is 38.5 Å². The Hall–Kier alpha value is -0.860. The largest absolute Gasteiger partial charge is 0.322 e. The van der Waals surface area contributed by atoms with Crippen LogP contribution in [0.25, 0.3) is 0 Å². The van der Waals surface area contributed by atoms with E-state index < -0.39 is 0 Å². The first kappa shape index (κ1) is 16.0. The van der Waals surface area contributed by atoms with Crippen LogP contribution in [0.1, 0.15) is 49.7 Å². The van der Waals surface area contributed by atoms with Crippen LogP contribution >= 0.6 is 0 Å². The average molecular weight is 303 g/mol. The minimum Gasteiger partial charge on any atom is -0.322 e. The molecule has 122 valence electrons. The molecule has 0 spiro atoms. The normalized spacial score (nSPS) is 24.1. The fourth-order valence-corrected chi connectivity index (χ4v) is 4.50. The lowest BCUT2D eigenvalue weighted by Crippen LogP contribution is -2.47. The Morgan fingerprint density at radius 2 is 0.909 bits per heavy atom. The smallest absolute Gasteiger partial charge is 0.104 e. The van der Waals surface area contributed by atoms with Gasteiger partial charge >= 0.3 is 0 Å². The fraction of sp³-hybridized carbons (Fsp3) is 0.700. The van der Waals surface area contributed by atoms with Crippen LogP contribution in [0.15, 0.2) is 24.3 Å². The summed E-state index contributed by atoms with van der Waals surface area (Å²) >= 11 is 0. The zero-order valence-corrected chi connectivity index (χ0v) is 14.7. The molecular weight excluding hydrogens is 268 g/mol. The fourth-order valence-electron chi connectivity index (χ4n) is 4.50. The summed E-state index contributed by atoms with van der Waals surface area (Å²) in [6, 6.07) is 9.57. The van der Waals surface area contributed by atoms with E-state index in [1.807, 2.05) is 0 Å². The number of rotatable bonds is 4. The van der Waals surface area contributed by atoms with Crippen LogP contribution in [0.2, 0.25) is 0 Å². The highest BCUT2D eigenvalue weighted by Crippen LogP contribution is 2.23. The van der Waals surface area contributed by atoms with Crippen LogP contribution < -0.4 is 0 Å². The van der Waals surface area contributed by atoms with Gasteiger partial charge in [-0.2, -0.15) is 0 Å². The molecular formula is C20H34N2+2. The molecule has 2 fully saturated rings. The second-order valence-corrected chi connectivity index (χ2v) is 8.39. The van der Waals surface area contributed by atoms with Crippen molar-refractivity contribution in [3.63, 3.8) is 0 Å². The quantitative estimate of drug-likeness (QED) is 0.739. The van der Waals surface area contributed by atoms with Gasteiger partial charge in [0.2, 0.25) is 0 Å². The number of hydrogen-bond acceptors (Lipinski definition) is 0. The zero-order valence-electron chi connectivity index (χ0n) is 14.7. The number of likely N-dealkylation sites (tertiary alicyclic amines) is 2. The van der Waals surface area contributed by atoms with Crippen molar-refractivity contribution >= 4 is 0 Å². The van der Waals surface area contributed by atoms with E-state index in [0.717, 1.165) is 0 Å². The summed E-state index contributed by atoms with van der Waals surface area (Å²) < 4.78 is 2.49. The first-order valence-electron chi connectivity index (χ1n) is 9.32. The molecule has 2 nitrogen and oxygen atoms in total. The number of hydrogen-bond donors (Lipinski definition) is 0. The molecule has 0 N–H and O–H groups in total. The molecule has 0 saturated carbocycles. The van der Waals surface area contributed by atoms with Gasteiger partial charge in [0.15, 0.2) is 0 Å². The lowest BCUT2D eigenvalue weighted by atomic mass is 10.0. The van der Waals surface area contributed by atoms with E-state index in [0.29, 0.717) is 0 Å². The van der Waals surface area contributed by atoms with E-state index in [2.05, 4.69) is 38.4 Å². The lowest BCUT2D eigenvalue weighted by molar-refractivity contribution is -0.927. The number of quaternary nitrogens is 2. The Morgan fingerprint density at radius 1 is 0.591 bits per heavy atom. The summed E-state index contributed by atoms with van der Waals surface area (Å²) in [5.41, 5.74) is 3.05. The highest BCUT2D eigenvalue weighted by Gasteiger charge is 2.26. The van der Waals surface area contributed by atoms with Crippen molar-refractivity contribution in [2.24, 2.45) is 0 Å². The van der Waals surface area contributed by atoms with E-state index in [1.54, 1.807) is 0 Å². The second kappa shape index (κ2) is 6.72. The van der Waals surface area contributed by atoms with Crippen molar-refractivity contribution in [2.75, 3.05) is 40.3 Å². The molecule has 0 unspecified atom stereocenters. The maximum atomic E-state index is 2.44. The van der Waals surface area contributed by atoms with Crippen LogP contribution in [0.5, 0.6) is 0 Å². The van der Waals surface area contributed by atoms with E-state index >= 15 is 0 Å². The van der Waals surface area contributed by atoms with Crippen LogP contribution in [0, 0.1) is 0 Å². The van der Waals surface area contributed by atoms with Gasteiger partial charge in [-0.3, -0.25) is 0 Å². The third-order valence-corrected chi connectivity index (χ3v) is 5.94. The second-order valence-electron chi connectivity index (χ2n) is 8.39. The standard InChI is InChI=1S/C20H34N2/c1-21(13-5-3-6-14-21)17-19-9-11-20(12-10-19)18-22(2)15-7-4-8-16-22/h9-12H,3-8,13-18H2,1-2H3/q+2. The number of benzene rings is 1. The molecule has 1 aromatic rings. The molecule has 22 heavy (non-hydrogen) atoms. The molecule has 2 heteroatoms. The monoisotopic (exact) mass is 302 g/mol. The van der Waals surface area contributed by atoms with Crippen molar-refractivity contribution in [1.29, 1.82) is 0 Å². The molecule has 0 atom stereocenters. The Balaban J connectivity index is 1.60. The van der Waals surface area contributed by atoms with Crippen molar-refractivity contribution in [2.45, 2.75) is 51.6 Å². The molecule has 0 radical (unpaired) electrons. The van der Waals surface area contributed by atoms with E-state index in [1.165, 1.54) is 97.9 Å². The molecule has 0 aromatic heterocycles. The number of piperidine rings is 2. The van der Waals surface area contributed by atoms with Crippen LogP contribution in [-0.4, -0.2) is 49.2 Å². The summed E-state index contributed by atoms with van der Waals surface area (Å²) in [4.78, 5) is 0. The van der Waals surface area contributed by atoms with Gasteiger partial charge in [0.1, 0.15) is 13.1 Å². The minimum absolute atomic E-state index is 1.21. The van der Waals surface area contributed by atoms with E-state index in [4.69, 9.17) is 0 Å². The SMILES string of the molecule is C[N+]1(Cc2ccc(C[N+]3(C)CCCCC3)cc2)CCCCC1. The van der Waals surface area contributed by atoms with Crippen molar-refractivity contribution < 1.29 is 8.97 Å². The zero-order chi connectivity index (χ0) is 15.5. The van der Waals surface area contributed by atoms with Crippen molar-refractivity contribution in [3.05, 3.63) is 35.4 Å². The van der Waals surface area contributed by atoms with E-state index in [-0.39, 0.29) is 0 Å². The first-order valence-corrected chi connectivity index (χ1v) is 9.32. The molecule has 0 bridgehead atoms. The Morgan fingerprint density at radius 3 is 1.23 bits per heavy atom. The Kier molecular flexibility index (Phi) is 4.89. The highest BCUT2D eigenvalue weighted by atomic mass is 15.3. The topological polar surface area (TPSA) is 0 Å². The first-order chi connectivity index (χ1) is 10.6. The predicted molar refractivity (Wildman–Crippen MR) is 93.4 cm³/mol. The van der Waals surface area contributed by atoms with Gasteiger partial charge in [-0.15, -0.1) is 0 Å². The molecule has 0 aliphatic carbocycles. The molecule has 2 saturated heterocycles. The van der Waals surface area contributed by atoms with E-state index in [9.17, 15) is 0 Å². The highest BCUT2D eigenvalue weighted by molar-refractivity contribution is 5.21. The maximum Gasteiger partial charge on any atom is 0.104 e. The lowest BCUT2D eigenvalue weighted by Gasteiger charge is -2.38. The average Bonchev–Trinajstić information content (AvgIpc) is 2.50. The Bertz CT molecular complexity index is 420. The predicted octanol–water partition coefficient (Wildman–Crippen LogP) is 3.95. The third-order valence-electron chi connectivity index (χ3n) is 5.94. The minimum atomic E-state index is 1.21. The van der Waals surface area contributed by atoms with Gasteiger partial charge in [0, 0.05) is 11.1 Å². The molecule has 0 amide bonds. The Labute approximate surface area is 136 Å².